The molecule has 1 aromatic heterocycles. The first-order valence-corrected chi connectivity index (χ1v) is 7.34. The van der Waals surface area contributed by atoms with E-state index in [4.69, 9.17) is 21.4 Å². The fourth-order valence-electron chi connectivity index (χ4n) is 1.77. The van der Waals surface area contributed by atoms with Crippen molar-refractivity contribution in [2.24, 2.45) is 5.92 Å². The maximum absolute atomic E-state index is 11.1. The lowest BCUT2D eigenvalue weighted by molar-refractivity contribution is 0.0690. The molecule has 0 saturated heterocycles. The van der Waals surface area contributed by atoms with Crippen molar-refractivity contribution in [2.75, 3.05) is 6.61 Å². The van der Waals surface area contributed by atoms with Crippen LogP contribution in [0.3, 0.4) is 0 Å². The van der Waals surface area contributed by atoms with Gasteiger partial charge in [-0.3, -0.25) is 0 Å². The van der Waals surface area contributed by atoms with Crippen LogP contribution in [0.25, 0.3) is 11.3 Å². The Labute approximate surface area is 133 Å². The minimum absolute atomic E-state index is 0.124. The average molecular weight is 321 g/mol. The average Bonchev–Trinajstić information content (AvgIpc) is 2.48. The van der Waals surface area contributed by atoms with E-state index < -0.39 is 5.97 Å². The number of halogens is 1. The van der Waals surface area contributed by atoms with Gasteiger partial charge in [0.05, 0.1) is 12.8 Å². The molecule has 1 aromatic carbocycles. The van der Waals surface area contributed by atoms with Crippen LogP contribution in [0.4, 0.5) is 0 Å². The van der Waals surface area contributed by atoms with E-state index in [1.807, 2.05) is 0 Å². The predicted octanol–water partition coefficient (Wildman–Crippen LogP) is 3.92. The summed E-state index contributed by atoms with van der Waals surface area (Å²) in [6, 6.07) is 6.94. The fraction of sp³-hybridized carbons (Fsp3) is 0.312. The van der Waals surface area contributed by atoms with Crippen LogP contribution in [0, 0.1) is 5.92 Å². The summed E-state index contributed by atoms with van der Waals surface area (Å²) in [5, 5.41) is 9.67. The SMILES string of the molecule is CC(C)CCOc1ncc(C(=O)O)nc1-c1ccc(Cl)cc1. The van der Waals surface area contributed by atoms with Crippen LogP contribution in [-0.4, -0.2) is 27.7 Å². The van der Waals surface area contributed by atoms with Crippen molar-refractivity contribution in [1.29, 1.82) is 0 Å². The van der Waals surface area contributed by atoms with Crippen LogP contribution >= 0.6 is 11.6 Å². The lowest BCUT2D eigenvalue weighted by Gasteiger charge is -2.11. The van der Waals surface area contributed by atoms with Crippen molar-refractivity contribution < 1.29 is 14.6 Å². The highest BCUT2D eigenvalue weighted by molar-refractivity contribution is 6.30. The molecular formula is C16H17ClN2O3. The Balaban J connectivity index is 2.35. The molecule has 2 aromatic rings. The molecule has 2 rings (SSSR count). The van der Waals surface area contributed by atoms with E-state index in [1.54, 1.807) is 24.3 Å². The van der Waals surface area contributed by atoms with Gasteiger partial charge in [0.25, 0.3) is 0 Å². The number of aromatic nitrogens is 2. The van der Waals surface area contributed by atoms with Crippen LogP contribution in [0.2, 0.25) is 5.02 Å². The molecule has 0 spiro atoms. The Morgan fingerprint density at radius 1 is 1.32 bits per heavy atom. The normalized spacial score (nSPS) is 10.7. The molecule has 0 amide bonds. The molecule has 1 heterocycles. The zero-order chi connectivity index (χ0) is 16.1. The first-order chi connectivity index (χ1) is 10.5. The molecule has 22 heavy (non-hydrogen) atoms. The van der Waals surface area contributed by atoms with Crippen molar-refractivity contribution in [3.05, 3.63) is 41.2 Å². The minimum Gasteiger partial charge on any atom is -0.476 e. The van der Waals surface area contributed by atoms with Crippen LogP contribution in [-0.2, 0) is 0 Å². The van der Waals surface area contributed by atoms with Crippen LogP contribution in [0.15, 0.2) is 30.5 Å². The third-order valence-corrected chi connectivity index (χ3v) is 3.26. The van der Waals surface area contributed by atoms with E-state index in [2.05, 4.69) is 23.8 Å². The van der Waals surface area contributed by atoms with Gasteiger partial charge in [0.2, 0.25) is 5.88 Å². The van der Waals surface area contributed by atoms with Gasteiger partial charge in [0.15, 0.2) is 5.69 Å². The Bertz CT molecular complexity index is 657. The topological polar surface area (TPSA) is 72.3 Å². The fourth-order valence-corrected chi connectivity index (χ4v) is 1.90. The second kappa shape index (κ2) is 7.22. The van der Waals surface area contributed by atoms with Gasteiger partial charge < -0.3 is 9.84 Å². The van der Waals surface area contributed by atoms with E-state index in [9.17, 15) is 4.79 Å². The van der Waals surface area contributed by atoms with E-state index in [-0.39, 0.29) is 5.69 Å². The summed E-state index contributed by atoms with van der Waals surface area (Å²) in [6.07, 6.45) is 2.08. The molecule has 0 aliphatic heterocycles. The summed E-state index contributed by atoms with van der Waals surface area (Å²) in [5.41, 5.74) is 0.987. The minimum atomic E-state index is -1.13. The first kappa shape index (κ1) is 16.2. The highest BCUT2D eigenvalue weighted by atomic mass is 35.5. The third kappa shape index (κ3) is 4.18. The first-order valence-electron chi connectivity index (χ1n) is 6.96. The van der Waals surface area contributed by atoms with Crippen LogP contribution in [0.5, 0.6) is 5.88 Å². The molecule has 6 heteroatoms. The lowest BCUT2D eigenvalue weighted by Crippen LogP contribution is -2.08. The molecule has 5 nitrogen and oxygen atoms in total. The van der Waals surface area contributed by atoms with Crippen molar-refractivity contribution in [1.82, 2.24) is 9.97 Å². The Morgan fingerprint density at radius 3 is 2.59 bits per heavy atom. The van der Waals surface area contributed by atoms with Gasteiger partial charge >= 0.3 is 5.97 Å². The number of hydrogen-bond donors (Lipinski definition) is 1. The number of aromatic carboxylic acids is 1. The molecule has 0 unspecified atom stereocenters. The second-order valence-electron chi connectivity index (χ2n) is 5.25. The van der Waals surface area contributed by atoms with Crippen molar-refractivity contribution >= 4 is 17.6 Å². The molecule has 116 valence electrons. The van der Waals surface area contributed by atoms with E-state index >= 15 is 0 Å². The summed E-state index contributed by atoms with van der Waals surface area (Å²) in [6.45, 7) is 4.70. The number of hydrogen-bond acceptors (Lipinski definition) is 4. The Hall–Kier alpha value is -2.14. The quantitative estimate of drug-likeness (QED) is 0.873. The van der Waals surface area contributed by atoms with Crippen LogP contribution in [0.1, 0.15) is 30.8 Å². The molecule has 0 radical (unpaired) electrons. The monoisotopic (exact) mass is 320 g/mol. The third-order valence-electron chi connectivity index (χ3n) is 3.01. The standard InChI is InChI=1S/C16H17ClN2O3/c1-10(2)7-8-22-15-14(11-3-5-12(17)6-4-11)19-13(9-18-15)16(20)21/h3-6,9-10H,7-8H2,1-2H3,(H,20,21). The van der Waals surface area contributed by atoms with Gasteiger partial charge in [0, 0.05) is 10.6 Å². The zero-order valence-electron chi connectivity index (χ0n) is 12.4. The number of nitrogens with zero attached hydrogens (tertiary/aromatic N) is 2. The van der Waals surface area contributed by atoms with Crippen molar-refractivity contribution in [3.63, 3.8) is 0 Å². The van der Waals surface area contributed by atoms with Gasteiger partial charge in [0.1, 0.15) is 5.69 Å². The molecule has 0 saturated carbocycles. The zero-order valence-corrected chi connectivity index (χ0v) is 13.2. The number of rotatable bonds is 6. The highest BCUT2D eigenvalue weighted by Gasteiger charge is 2.15. The van der Waals surface area contributed by atoms with Gasteiger partial charge in [-0.2, -0.15) is 0 Å². The smallest absolute Gasteiger partial charge is 0.356 e. The number of carboxylic acid groups (broad SMARTS) is 1. The summed E-state index contributed by atoms with van der Waals surface area (Å²) < 4.78 is 5.67. The van der Waals surface area contributed by atoms with Crippen molar-refractivity contribution in [3.8, 4) is 17.1 Å². The number of benzene rings is 1. The second-order valence-corrected chi connectivity index (χ2v) is 5.69. The summed E-state index contributed by atoms with van der Waals surface area (Å²) in [5.74, 6) is -0.297. The number of ether oxygens (including phenoxy) is 1. The summed E-state index contributed by atoms with van der Waals surface area (Å²) >= 11 is 5.88. The van der Waals surface area contributed by atoms with Gasteiger partial charge in [-0.15, -0.1) is 0 Å². The predicted molar refractivity (Wildman–Crippen MR) is 84.4 cm³/mol. The Morgan fingerprint density at radius 2 is 2.00 bits per heavy atom. The number of carboxylic acids is 1. The molecule has 0 aliphatic rings. The molecule has 0 bridgehead atoms. The van der Waals surface area contributed by atoms with Gasteiger partial charge in [-0.05, 0) is 24.5 Å². The number of carbonyl (C=O) groups is 1. The van der Waals surface area contributed by atoms with Crippen molar-refractivity contribution in [2.45, 2.75) is 20.3 Å². The van der Waals surface area contributed by atoms with Crippen LogP contribution < -0.4 is 4.74 Å². The van der Waals surface area contributed by atoms with E-state index in [1.165, 1.54) is 6.20 Å². The molecule has 0 atom stereocenters. The molecule has 0 fully saturated rings. The molecule has 0 aliphatic carbocycles. The maximum atomic E-state index is 11.1. The highest BCUT2D eigenvalue weighted by Crippen LogP contribution is 2.27. The van der Waals surface area contributed by atoms with E-state index in [0.29, 0.717) is 34.7 Å². The van der Waals surface area contributed by atoms with Gasteiger partial charge in [-0.25, -0.2) is 14.8 Å². The maximum Gasteiger partial charge on any atom is 0.356 e. The molecule has 1 N–H and O–H groups in total. The van der Waals surface area contributed by atoms with E-state index in [0.717, 1.165) is 6.42 Å². The van der Waals surface area contributed by atoms with Gasteiger partial charge in [-0.1, -0.05) is 37.6 Å². The largest absolute Gasteiger partial charge is 0.476 e. The summed E-state index contributed by atoms with van der Waals surface area (Å²) in [4.78, 5) is 19.3. The lowest BCUT2D eigenvalue weighted by atomic mass is 10.1. The summed E-state index contributed by atoms with van der Waals surface area (Å²) in [7, 11) is 0. The molecular weight excluding hydrogens is 304 g/mol. The Kier molecular flexibility index (Phi) is 5.33.